The molecule has 2 fully saturated rings. The van der Waals surface area contributed by atoms with E-state index in [4.69, 9.17) is 21.3 Å². The molecule has 1 heterocycles. The lowest BCUT2D eigenvalue weighted by atomic mass is 9.83. The summed E-state index contributed by atoms with van der Waals surface area (Å²) < 4.78 is 22.0. The molecule has 5 rings (SSSR count). The number of nitrogens with one attached hydrogen (secondary N) is 1. The van der Waals surface area contributed by atoms with Gasteiger partial charge < -0.3 is 14.6 Å². The van der Waals surface area contributed by atoms with Crippen LogP contribution in [-0.4, -0.2) is 28.6 Å². The van der Waals surface area contributed by atoms with Crippen molar-refractivity contribution >= 4 is 28.5 Å². The Morgan fingerprint density at radius 2 is 1.82 bits per heavy atom. The van der Waals surface area contributed by atoms with Gasteiger partial charge in [0.2, 0.25) is 5.91 Å². The van der Waals surface area contributed by atoms with Gasteiger partial charge in [0.25, 0.3) is 0 Å². The minimum absolute atomic E-state index is 0.0385. The molecule has 0 aliphatic heterocycles. The highest BCUT2D eigenvalue weighted by Gasteiger charge is 2.35. The second-order valence-corrected chi connectivity index (χ2v) is 10.0. The van der Waals surface area contributed by atoms with Crippen molar-refractivity contribution in [3.05, 3.63) is 47.2 Å². The molecule has 5 nitrogen and oxygen atoms in total. The number of aromatic nitrogens is 2. The maximum atomic E-state index is 14.5. The van der Waals surface area contributed by atoms with Crippen molar-refractivity contribution in [1.29, 1.82) is 0 Å². The van der Waals surface area contributed by atoms with Gasteiger partial charge in [0, 0.05) is 17.7 Å². The number of carbonyl (C=O) groups excluding carboxylic acids is 1. The zero-order chi connectivity index (χ0) is 23.7. The molecular formula is C27H31ClFN3O2. The molecule has 0 spiro atoms. The molecule has 1 N–H and O–H groups in total. The molecule has 2 saturated carbocycles. The lowest BCUT2D eigenvalue weighted by molar-refractivity contribution is -0.126. The van der Waals surface area contributed by atoms with Crippen molar-refractivity contribution in [2.45, 2.75) is 69.9 Å². The average Bonchev–Trinajstić information content (AvgIpc) is 3.49. The second kappa shape index (κ2) is 9.95. The van der Waals surface area contributed by atoms with Crippen molar-refractivity contribution in [3.8, 4) is 17.1 Å². The molecule has 1 atom stereocenters. The second-order valence-electron chi connectivity index (χ2n) is 9.62. The van der Waals surface area contributed by atoms with Gasteiger partial charge in [0.15, 0.2) is 0 Å². The summed E-state index contributed by atoms with van der Waals surface area (Å²) in [5, 5.41) is 3.41. The van der Waals surface area contributed by atoms with Crippen LogP contribution in [0.25, 0.3) is 22.4 Å². The Hall–Kier alpha value is -2.60. The molecular weight excluding hydrogens is 453 g/mol. The van der Waals surface area contributed by atoms with E-state index in [-0.39, 0.29) is 22.9 Å². The number of ether oxygens (including phenoxy) is 1. The van der Waals surface area contributed by atoms with Gasteiger partial charge in [-0.2, -0.15) is 0 Å². The topological polar surface area (TPSA) is 56.2 Å². The summed E-state index contributed by atoms with van der Waals surface area (Å²) in [7, 11) is 1.63. The van der Waals surface area contributed by atoms with Crippen LogP contribution < -0.4 is 10.1 Å². The van der Waals surface area contributed by atoms with E-state index >= 15 is 0 Å². The fourth-order valence-corrected chi connectivity index (χ4v) is 5.79. The predicted octanol–water partition coefficient (Wildman–Crippen LogP) is 6.68. The van der Waals surface area contributed by atoms with Crippen LogP contribution in [0.1, 0.15) is 63.8 Å². The van der Waals surface area contributed by atoms with E-state index in [1.807, 2.05) is 22.8 Å². The van der Waals surface area contributed by atoms with Crippen LogP contribution in [0.15, 0.2) is 36.4 Å². The molecule has 1 aromatic heterocycles. The average molecular weight is 484 g/mol. The number of amides is 1. The molecule has 2 aliphatic carbocycles. The lowest BCUT2D eigenvalue weighted by Gasteiger charge is -2.32. The summed E-state index contributed by atoms with van der Waals surface area (Å²) >= 11 is 5.97. The third kappa shape index (κ3) is 4.52. The Balaban J connectivity index is 1.68. The van der Waals surface area contributed by atoms with Crippen LogP contribution in [-0.2, 0) is 4.79 Å². The maximum absolute atomic E-state index is 14.5. The highest BCUT2D eigenvalue weighted by Crippen LogP contribution is 2.39. The fourth-order valence-electron chi connectivity index (χ4n) is 5.67. The third-order valence-electron chi connectivity index (χ3n) is 7.42. The van der Waals surface area contributed by atoms with Crippen LogP contribution in [0.4, 0.5) is 4.39 Å². The fraction of sp³-hybridized carbons (Fsp3) is 0.481. The SMILES string of the molecule is COc1ccc2nc(-c3ccc(Cl)c(F)c3)n(C(C(=O)NC3CCCC3)C3CCCCC3)c2c1. The number of halogens is 2. The summed E-state index contributed by atoms with van der Waals surface area (Å²) in [6.45, 7) is 0. The molecule has 34 heavy (non-hydrogen) atoms. The van der Waals surface area contributed by atoms with E-state index in [9.17, 15) is 9.18 Å². The predicted molar refractivity (Wildman–Crippen MR) is 133 cm³/mol. The number of hydrogen-bond acceptors (Lipinski definition) is 3. The summed E-state index contributed by atoms with van der Waals surface area (Å²) in [5.74, 6) is 1.00. The first-order valence-electron chi connectivity index (χ1n) is 12.4. The lowest BCUT2D eigenvalue weighted by Crippen LogP contribution is -2.42. The first-order chi connectivity index (χ1) is 16.5. The van der Waals surface area contributed by atoms with E-state index in [1.165, 1.54) is 12.5 Å². The molecule has 180 valence electrons. The van der Waals surface area contributed by atoms with Crippen molar-refractivity contribution < 1.29 is 13.9 Å². The zero-order valence-electron chi connectivity index (χ0n) is 19.5. The number of nitrogens with zero attached hydrogens (tertiary/aromatic N) is 2. The van der Waals surface area contributed by atoms with Gasteiger partial charge >= 0.3 is 0 Å². The summed E-state index contributed by atoms with van der Waals surface area (Å²) in [5.41, 5.74) is 2.18. The minimum atomic E-state index is -0.500. The van der Waals surface area contributed by atoms with Crippen molar-refractivity contribution in [3.63, 3.8) is 0 Å². The number of carbonyl (C=O) groups is 1. The van der Waals surface area contributed by atoms with E-state index in [0.29, 0.717) is 17.1 Å². The zero-order valence-corrected chi connectivity index (χ0v) is 20.3. The Morgan fingerprint density at radius 1 is 1.09 bits per heavy atom. The normalized spacial score (nSPS) is 18.3. The number of benzene rings is 2. The maximum Gasteiger partial charge on any atom is 0.243 e. The summed E-state index contributed by atoms with van der Waals surface area (Å²) in [6, 6.07) is 10.2. The number of methoxy groups -OCH3 is 1. The van der Waals surface area contributed by atoms with Crippen molar-refractivity contribution in [2.24, 2.45) is 5.92 Å². The van der Waals surface area contributed by atoms with E-state index in [2.05, 4.69) is 5.32 Å². The highest BCUT2D eigenvalue weighted by atomic mass is 35.5. The van der Waals surface area contributed by atoms with Crippen LogP contribution in [0, 0.1) is 11.7 Å². The number of hydrogen-bond donors (Lipinski definition) is 1. The van der Waals surface area contributed by atoms with Crippen LogP contribution in [0.5, 0.6) is 5.75 Å². The minimum Gasteiger partial charge on any atom is -0.497 e. The molecule has 1 amide bonds. The van der Waals surface area contributed by atoms with E-state index in [0.717, 1.165) is 62.4 Å². The summed E-state index contributed by atoms with van der Waals surface area (Å²) in [4.78, 5) is 18.8. The van der Waals surface area contributed by atoms with Crippen LogP contribution >= 0.6 is 11.6 Å². The molecule has 0 radical (unpaired) electrons. The van der Waals surface area contributed by atoms with Gasteiger partial charge in [-0.1, -0.05) is 43.7 Å². The molecule has 2 aromatic carbocycles. The van der Waals surface area contributed by atoms with Crippen molar-refractivity contribution in [1.82, 2.24) is 14.9 Å². The van der Waals surface area contributed by atoms with Gasteiger partial charge in [-0.25, -0.2) is 9.37 Å². The molecule has 7 heteroatoms. The highest BCUT2D eigenvalue weighted by molar-refractivity contribution is 6.30. The Labute approximate surface area is 204 Å². The van der Waals surface area contributed by atoms with Gasteiger partial charge in [-0.3, -0.25) is 4.79 Å². The van der Waals surface area contributed by atoms with E-state index < -0.39 is 11.9 Å². The van der Waals surface area contributed by atoms with Gasteiger partial charge in [0.05, 0.1) is 23.2 Å². The Morgan fingerprint density at radius 3 is 2.53 bits per heavy atom. The van der Waals surface area contributed by atoms with Crippen molar-refractivity contribution in [2.75, 3.05) is 7.11 Å². The largest absolute Gasteiger partial charge is 0.497 e. The quantitative estimate of drug-likeness (QED) is 0.425. The number of imidazole rings is 1. The molecule has 2 aliphatic rings. The van der Waals surface area contributed by atoms with Gasteiger partial charge in [0.1, 0.15) is 23.4 Å². The monoisotopic (exact) mass is 483 g/mol. The third-order valence-corrected chi connectivity index (χ3v) is 7.73. The summed E-state index contributed by atoms with van der Waals surface area (Å²) in [6.07, 6.45) is 9.74. The van der Waals surface area contributed by atoms with Crippen LogP contribution in [0.2, 0.25) is 5.02 Å². The molecule has 0 bridgehead atoms. The molecule has 0 saturated heterocycles. The molecule has 3 aromatic rings. The van der Waals surface area contributed by atoms with Gasteiger partial charge in [-0.15, -0.1) is 0 Å². The van der Waals surface area contributed by atoms with Gasteiger partial charge in [-0.05, 0) is 61.9 Å². The molecule has 1 unspecified atom stereocenters. The first kappa shape index (κ1) is 23.2. The van der Waals surface area contributed by atoms with Crippen LogP contribution in [0.3, 0.4) is 0 Å². The van der Waals surface area contributed by atoms with E-state index in [1.54, 1.807) is 19.2 Å². The standard InChI is InChI=1S/C27H31ClFN3O2/c1-34-20-12-14-23-24(16-20)32(26(31-23)18-11-13-21(28)22(29)15-18)25(17-7-3-2-4-8-17)27(33)30-19-9-5-6-10-19/h11-17,19,25H,2-10H2,1H3,(H,30,33). The first-order valence-corrected chi connectivity index (χ1v) is 12.7. The Bertz CT molecular complexity index is 1180. The number of fused-ring (bicyclic) bond motifs is 1. The number of rotatable bonds is 6. The Kier molecular flexibility index (Phi) is 6.77. The smallest absolute Gasteiger partial charge is 0.243 e.